The molecule has 2 aromatic rings. The van der Waals surface area contributed by atoms with Crippen LogP contribution in [0.3, 0.4) is 0 Å². The van der Waals surface area contributed by atoms with Crippen molar-refractivity contribution < 1.29 is 17.6 Å². The molecule has 9 heteroatoms. The molecule has 134 valence electrons. The van der Waals surface area contributed by atoms with Gasteiger partial charge in [0.25, 0.3) is 0 Å². The Morgan fingerprint density at radius 2 is 1.88 bits per heavy atom. The number of sulfonamides is 1. The minimum Gasteiger partial charge on any atom is -0.449 e. The number of methoxy groups -OCH3 is 1. The van der Waals surface area contributed by atoms with Gasteiger partial charge in [-0.2, -0.15) is 0 Å². The molecule has 0 aliphatic carbocycles. The van der Waals surface area contributed by atoms with Crippen LogP contribution in [0.25, 0.3) is 11.3 Å². The number of aryl methyl sites for hydroxylation is 1. The first-order valence-corrected chi connectivity index (χ1v) is 8.73. The summed E-state index contributed by atoms with van der Waals surface area (Å²) in [6.45, 7) is 3.89. The van der Waals surface area contributed by atoms with Gasteiger partial charge in [-0.3, -0.25) is 0 Å². The zero-order valence-corrected chi connectivity index (χ0v) is 15.2. The van der Waals surface area contributed by atoms with Crippen LogP contribution in [-0.4, -0.2) is 46.8 Å². The molecule has 1 heterocycles. The molecule has 0 amide bonds. The van der Waals surface area contributed by atoms with Crippen LogP contribution in [0.1, 0.15) is 5.89 Å². The van der Waals surface area contributed by atoms with E-state index in [1.54, 1.807) is 44.6 Å². The highest BCUT2D eigenvalue weighted by molar-refractivity contribution is 7.89. The van der Waals surface area contributed by atoms with E-state index in [0.29, 0.717) is 37.8 Å². The van der Waals surface area contributed by atoms with Gasteiger partial charge in [-0.1, -0.05) is 12.1 Å². The molecule has 24 heavy (non-hydrogen) atoms. The number of rotatable bonds is 9. The molecular weight excluding hydrogens is 354 g/mol. The van der Waals surface area contributed by atoms with Gasteiger partial charge >= 0.3 is 0 Å². The fraction of sp³-hybridized carbons (Fsp3) is 0.400. The number of halogens is 1. The van der Waals surface area contributed by atoms with Crippen molar-refractivity contribution in [1.29, 1.82) is 0 Å². The number of oxazole rings is 1. The Kier molecular flexibility index (Phi) is 8.37. The average molecular weight is 376 g/mol. The van der Waals surface area contributed by atoms with Crippen molar-refractivity contribution in [2.75, 3.05) is 33.4 Å². The van der Waals surface area contributed by atoms with Gasteiger partial charge in [-0.25, -0.2) is 18.1 Å². The van der Waals surface area contributed by atoms with Gasteiger partial charge in [0.05, 0.1) is 11.5 Å². The largest absolute Gasteiger partial charge is 0.449 e. The summed E-state index contributed by atoms with van der Waals surface area (Å²) in [5, 5.41) is 3.07. The molecule has 2 rings (SSSR count). The number of ether oxygens (including phenoxy) is 1. The van der Waals surface area contributed by atoms with Crippen LogP contribution in [0, 0.1) is 6.92 Å². The Hall–Kier alpha value is -1.45. The van der Waals surface area contributed by atoms with Crippen molar-refractivity contribution in [2.24, 2.45) is 0 Å². The van der Waals surface area contributed by atoms with Crippen molar-refractivity contribution >= 4 is 22.4 Å². The van der Waals surface area contributed by atoms with E-state index in [1.165, 1.54) is 0 Å². The van der Waals surface area contributed by atoms with E-state index >= 15 is 0 Å². The van der Waals surface area contributed by atoms with Crippen LogP contribution < -0.4 is 10.0 Å². The number of aromatic nitrogens is 1. The van der Waals surface area contributed by atoms with Crippen LogP contribution in [0.4, 0.5) is 0 Å². The number of nitrogens with one attached hydrogen (secondary N) is 2. The van der Waals surface area contributed by atoms with Crippen LogP contribution in [0.15, 0.2) is 39.8 Å². The fourth-order valence-corrected chi connectivity index (χ4v) is 2.99. The molecule has 1 aromatic carbocycles. The molecule has 0 aliphatic rings. The molecule has 0 spiro atoms. The van der Waals surface area contributed by atoms with Gasteiger partial charge in [0, 0.05) is 39.2 Å². The standard InChI is InChI=1S/C15H21N3O4S.ClH/c1-12-18-15(11-22-12)13-3-5-14(6-4-13)23(19,20)17-8-7-16-9-10-21-2;/h3-6,11,16-17H,7-10H2,1-2H3;1H. The third-order valence-electron chi connectivity index (χ3n) is 3.16. The maximum atomic E-state index is 12.2. The predicted octanol–water partition coefficient (Wildman–Crippen LogP) is 1.59. The summed E-state index contributed by atoms with van der Waals surface area (Å²) < 4.78 is 36.9. The topological polar surface area (TPSA) is 93.5 Å². The third kappa shape index (κ3) is 5.88. The molecule has 0 unspecified atom stereocenters. The van der Waals surface area contributed by atoms with E-state index in [1.807, 2.05) is 0 Å². The van der Waals surface area contributed by atoms with Crippen LogP contribution in [0.5, 0.6) is 0 Å². The summed E-state index contributed by atoms with van der Waals surface area (Å²) in [5.41, 5.74) is 1.49. The second-order valence-electron chi connectivity index (χ2n) is 4.92. The second-order valence-corrected chi connectivity index (χ2v) is 6.68. The van der Waals surface area contributed by atoms with Crippen molar-refractivity contribution in [3.05, 3.63) is 36.4 Å². The first-order chi connectivity index (χ1) is 11.0. The molecule has 0 aliphatic heterocycles. The highest BCUT2D eigenvalue weighted by Gasteiger charge is 2.13. The molecule has 1 aromatic heterocycles. The maximum absolute atomic E-state index is 12.2. The lowest BCUT2D eigenvalue weighted by atomic mass is 10.2. The van der Waals surface area contributed by atoms with E-state index in [-0.39, 0.29) is 17.3 Å². The molecule has 0 saturated heterocycles. The first-order valence-electron chi connectivity index (χ1n) is 7.25. The van der Waals surface area contributed by atoms with Gasteiger partial charge in [0.2, 0.25) is 10.0 Å². The van der Waals surface area contributed by atoms with Gasteiger partial charge in [-0.15, -0.1) is 12.4 Å². The van der Waals surface area contributed by atoms with Crippen molar-refractivity contribution in [3.63, 3.8) is 0 Å². The second kappa shape index (κ2) is 9.75. The van der Waals surface area contributed by atoms with Crippen molar-refractivity contribution in [1.82, 2.24) is 15.0 Å². The Labute approximate surface area is 148 Å². The van der Waals surface area contributed by atoms with Crippen molar-refractivity contribution in [3.8, 4) is 11.3 Å². The Morgan fingerprint density at radius 3 is 2.46 bits per heavy atom. The molecule has 7 nitrogen and oxygen atoms in total. The molecule has 2 N–H and O–H groups in total. The number of nitrogens with zero attached hydrogens (tertiary/aromatic N) is 1. The van der Waals surface area contributed by atoms with Crippen LogP contribution >= 0.6 is 12.4 Å². The van der Waals surface area contributed by atoms with Gasteiger partial charge in [0.1, 0.15) is 12.0 Å². The summed E-state index contributed by atoms with van der Waals surface area (Å²) in [6.07, 6.45) is 1.54. The number of benzene rings is 1. The van der Waals surface area contributed by atoms with Gasteiger partial charge in [-0.05, 0) is 12.1 Å². The highest BCUT2D eigenvalue weighted by Crippen LogP contribution is 2.20. The third-order valence-corrected chi connectivity index (χ3v) is 4.63. The Balaban J connectivity index is 0.00000288. The lowest BCUT2D eigenvalue weighted by Gasteiger charge is -2.08. The van der Waals surface area contributed by atoms with E-state index in [2.05, 4.69) is 15.0 Å². The first kappa shape index (κ1) is 20.6. The number of hydrogen-bond acceptors (Lipinski definition) is 6. The molecule has 0 bridgehead atoms. The summed E-state index contributed by atoms with van der Waals surface area (Å²) in [4.78, 5) is 4.43. The quantitative estimate of drug-likeness (QED) is 0.646. The van der Waals surface area contributed by atoms with Crippen molar-refractivity contribution in [2.45, 2.75) is 11.8 Å². The van der Waals surface area contributed by atoms with Crippen LogP contribution in [0.2, 0.25) is 0 Å². The summed E-state index contributed by atoms with van der Waals surface area (Å²) in [7, 11) is -1.89. The summed E-state index contributed by atoms with van der Waals surface area (Å²) in [5.74, 6) is 0.569. The van der Waals surface area contributed by atoms with Gasteiger partial charge in [0.15, 0.2) is 5.89 Å². The van der Waals surface area contributed by atoms with Crippen LogP contribution in [-0.2, 0) is 14.8 Å². The number of hydrogen-bond donors (Lipinski definition) is 2. The van der Waals surface area contributed by atoms with E-state index in [0.717, 1.165) is 5.56 Å². The smallest absolute Gasteiger partial charge is 0.240 e. The lowest BCUT2D eigenvalue weighted by molar-refractivity contribution is 0.199. The monoisotopic (exact) mass is 375 g/mol. The Bertz CT molecular complexity index is 717. The predicted molar refractivity (Wildman–Crippen MR) is 93.9 cm³/mol. The highest BCUT2D eigenvalue weighted by atomic mass is 35.5. The summed E-state index contributed by atoms with van der Waals surface area (Å²) >= 11 is 0. The summed E-state index contributed by atoms with van der Waals surface area (Å²) in [6, 6.07) is 6.53. The molecule has 0 radical (unpaired) electrons. The fourth-order valence-electron chi connectivity index (χ4n) is 1.96. The molecular formula is C15H22ClN3O4S. The minimum atomic E-state index is -3.51. The minimum absolute atomic E-state index is 0. The van der Waals surface area contributed by atoms with E-state index < -0.39 is 10.0 Å². The zero-order valence-electron chi connectivity index (χ0n) is 13.6. The normalized spacial score (nSPS) is 11.2. The van der Waals surface area contributed by atoms with E-state index in [4.69, 9.17) is 9.15 Å². The molecule has 0 fully saturated rings. The van der Waals surface area contributed by atoms with E-state index in [9.17, 15) is 8.42 Å². The zero-order chi connectivity index (χ0) is 16.7. The average Bonchev–Trinajstić information content (AvgIpc) is 2.97. The van der Waals surface area contributed by atoms with Gasteiger partial charge < -0.3 is 14.5 Å². The SMILES string of the molecule is COCCNCCNS(=O)(=O)c1ccc(-c2coc(C)n2)cc1.Cl. The lowest BCUT2D eigenvalue weighted by Crippen LogP contribution is -2.33. The molecule has 0 atom stereocenters. The molecule has 0 saturated carbocycles. The Morgan fingerprint density at radius 1 is 1.17 bits per heavy atom. The maximum Gasteiger partial charge on any atom is 0.240 e.